The number of hydrogen-bond acceptors (Lipinski definition) is 5. The molecule has 0 radical (unpaired) electrons. The van der Waals surface area contributed by atoms with Gasteiger partial charge in [-0.05, 0) is 42.5 Å². The van der Waals surface area contributed by atoms with Crippen LogP contribution in [0, 0.1) is 10.1 Å². The number of nitrogens with zero attached hydrogens (tertiary/aromatic N) is 2. The molecule has 8 heteroatoms. The van der Waals surface area contributed by atoms with Gasteiger partial charge >= 0.3 is 0 Å². The van der Waals surface area contributed by atoms with E-state index in [1.807, 2.05) is 36.4 Å². The molecule has 1 amide bonds. The Morgan fingerprint density at radius 3 is 2.55 bits per heavy atom. The first-order valence-corrected chi connectivity index (χ1v) is 8.73. The van der Waals surface area contributed by atoms with Gasteiger partial charge in [-0.1, -0.05) is 12.1 Å². The van der Waals surface area contributed by atoms with E-state index in [2.05, 4.69) is 15.3 Å². The quantitative estimate of drug-likeness (QED) is 0.389. The lowest BCUT2D eigenvalue weighted by atomic mass is 10.1. The largest absolute Gasteiger partial charge is 0.496 e. The third-order valence-electron chi connectivity index (χ3n) is 4.41. The zero-order chi connectivity index (χ0) is 20.4. The molecule has 3 aromatic carbocycles. The first kappa shape index (κ1) is 18.2. The maximum atomic E-state index is 12.5. The van der Waals surface area contributed by atoms with Gasteiger partial charge in [0.15, 0.2) is 0 Å². The Labute approximate surface area is 165 Å². The fraction of sp³-hybridized carbons (Fsp3) is 0.0476. The number of nitrogens with one attached hydrogen (secondary N) is 2. The lowest BCUT2D eigenvalue weighted by Gasteiger charge is -2.08. The molecule has 1 aromatic heterocycles. The number of aromatic nitrogens is 2. The van der Waals surface area contributed by atoms with Crippen molar-refractivity contribution in [2.24, 2.45) is 0 Å². The highest BCUT2D eigenvalue weighted by Crippen LogP contribution is 2.25. The number of aromatic amines is 1. The number of ether oxygens (including phenoxy) is 1. The van der Waals surface area contributed by atoms with Crippen molar-refractivity contribution >= 4 is 28.3 Å². The fourth-order valence-electron chi connectivity index (χ4n) is 2.94. The van der Waals surface area contributed by atoms with Crippen LogP contribution in [0.1, 0.15) is 10.4 Å². The van der Waals surface area contributed by atoms with E-state index in [1.165, 1.54) is 25.3 Å². The summed E-state index contributed by atoms with van der Waals surface area (Å²) in [6.45, 7) is 0. The second kappa shape index (κ2) is 7.43. The van der Waals surface area contributed by atoms with E-state index in [4.69, 9.17) is 4.74 Å². The Morgan fingerprint density at radius 2 is 1.86 bits per heavy atom. The van der Waals surface area contributed by atoms with Gasteiger partial charge in [-0.2, -0.15) is 0 Å². The van der Waals surface area contributed by atoms with Gasteiger partial charge in [-0.25, -0.2) is 4.98 Å². The zero-order valence-corrected chi connectivity index (χ0v) is 15.4. The molecule has 0 unspecified atom stereocenters. The number of rotatable bonds is 5. The highest BCUT2D eigenvalue weighted by Gasteiger charge is 2.15. The first-order valence-electron chi connectivity index (χ1n) is 8.73. The summed E-state index contributed by atoms with van der Waals surface area (Å²) in [7, 11) is 1.39. The van der Waals surface area contributed by atoms with Crippen LogP contribution in [-0.2, 0) is 0 Å². The molecule has 0 saturated carbocycles. The van der Waals surface area contributed by atoms with Gasteiger partial charge in [0.05, 0.1) is 34.7 Å². The highest BCUT2D eigenvalue weighted by atomic mass is 16.6. The fourth-order valence-corrected chi connectivity index (χ4v) is 2.94. The predicted octanol–water partition coefficient (Wildman–Crippen LogP) is 4.40. The topological polar surface area (TPSA) is 110 Å². The molecule has 8 nitrogen and oxygen atoms in total. The number of H-pyrrole nitrogens is 1. The van der Waals surface area contributed by atoms with Crippen molar-refractivity contribution in [3.63, 3.8) is 0 Å². The van der Waals surface area contributed by atoms with Crippen LogP contribution in [0.25, 0.3) is 22.4 Å². The number of amides is 1. The van der Waals surface area contributed by atoms with Crippen molar-refractivity contribution < 1.29 is 14.5 Å². The molecule has 0 spiro atoms. The second-order valence-electron chi connectivity index (χ2n) is 6.31. The minimum Gasteiger partial charge on any atom is -0.496 e. The number of fused-ring (bicyclic) bond motifs is 1. The van der Waals surface area contributed by atoms with Crippen molar-refractivity contribution in [3.8, 4) is 17.1 Å². The molecule has 0 bridgehead atoms. The number of imidazole rings is 1. The van der Waals surface area contributed by atoms with Crippen LogP contribution in [-0.4, -0.2) is 27.9 Å². The predicted molar refractivity (Wildman–Crippen MR) is 109 cm³/mol. The lowest BCUT2D eigenvalue weighted by molar-refractivity contribution is -0.384. The Bertz CT molecular complexity index is 1180. The molecular weight excluding hydrogens is 372 g/mol. The van der Waals surface area contributed by atoms with Crippen molar-refractivity contribution in [1.29, 1.82) is 0 Å². The van der Waals surface area contributed by atoms with Gasteiger partial charge in [0.25, 0.3) is 11.6 Å². The van der Waals surface area contributed by atoms with Crippen LogP contribution >= 0.6 is 0 Å². The van der Waals surface area contributed by atoms with Crippen LogP contribution in [0.5, 0.6) is 5.75 Å². The summed E-state index contributed by atoms with van der Waals surface area (Å²) in [5, 5.41) is 13.8. The Kier molecular flexibility index (Phi) is 4.66. The van der Waals surface area contributed by atoms with Gasteiger partial charge < -0.3 is 15.0 Å². The third kappa shape index (κ3) is 3.77. The monoisotopic (exact) mass is 388 g/mol. The molecular formula is C21H16N4O4. The molecule has 0 aliphatic rings. The molecule has 4 aromatic rings. The molecule has 0 aliphatic heterocycles. The number of nitro benzene ring substituents is 1. The number of hydrogen-bond donors (Lipinski definition) is 2. The van der Waals surface area contributed by atoms with Crippen LogP contribution < -0.4 is 10.1 Å². The van der Waals surface area contributed by atoms with Crippen molar-refractivity contribution in [2.45, 2.75) is 0 Å². The number of para-hydroxylation sites is 2. The van der Waals surface area contributed by atoms with Crippen molar-refractivity contribution in [2.75, 3.05) is 12.4 Å². The molecule has 4 rings (SSSR count). The SMILES string of the molecule is COc1cc(C(=O)Nc2ccc(-c3nc4ccccc4[nH]3)cc2)cc([N+](=O)[O-])c1. The molecule has 0 atom stereocenters. The van der Waals surface area contributed by atoms with E-state index in [1.54, 1.807) is 12.1 Å². The summed E-state index contributed by atoms with van der Waals surface area (Å²) >= 11 is 0. The summed E-state index contributed by atoms with van der Waals surface area (Å²) in [5.74, 6) is 0.501. The number of carbonyl (C=O) groups excluding carboxylic acids is 1. The highest BCUT2D eigenvalue weighted by molar-refractivity contribution is 6.05. The van der Waals surface area contributed by atoms with E-state index in [0.29, 0.717) is 5.69 Å². The third-order valence-corrected chi connectivity index (χ3v) is 4.41. The minimum absolute atomic E-state index is 0.136. The Balaban J connectivity index is 1.55. The minimum atomic E-state index is -0.568. The summed E-state index contributed by atoms with van der Waals surface area (Å²) in [5.41, 5.74) is 3.17. The molecule has 0 saturated heterocycles. The maximum absolute atomic E-state index is 12.5. The molecule has 29 heavy (non-hydrogen) atoms. The van der Waals surface area contributed by atoms with Gasteiger partial charge in [0, 0.05) is 17.3 Å². The zero-order valence-electron chi connectivity index (χ0n) is 15.4. The average molecular weight is 388 g/mol. The van der Waals surface area contributed by atoms with Crippen LogP contribution in [0.4, 0.5) is 11.4 Å². The number of anilines is 1. The van der Waals surface area contributed by atoms with E-state index >= 15 is 0 Å². The molecule has 2 N–H and O–H groups in total. The number of carbonyl (C=O) groups is 1. The Morgan fingerprint density at radius 1 is 1.10 bits per heavy atom. The first-order chi connectivity index (χ1) is 14.0. The Hall–Kier alpha value is -4.20. The normalized spacial score (nSPS) is 10.7. The summed E-state index contributed by atoms with van der Waals surface area (Å²) in [6.07, 6.45) is 0. The van der Waals surface area contributed by atoms with Crippen molar-refractivity contribution in [3.05, 3.63) is 82.4 Å². The van der Waals surface area contributed by atoms with E-state index in [-0.39, 0.29) is 17.0 Å². The summed E-state index contributed by atoms with van der Waals surface area (Å²) < 4.78 is 5.04. The molecule has 144 valence electrons. The van der Waals surface area contributed by atoms with E-state index < -0.39 is 10.8 Å². The number of benzene rings is 3. The van der Waals surface area contributed by atoms with E-state index in [0.717, 1.165) is 22.4 Å². The number of non-ortho nitro benzene ring substituents is 1. The number of nitro groups is 1. The summed E-state index contributed by atoms with van der Waals surface area (Å²) in [4.78, 5) is 30.8. The van der Waals surface area contributed by atoms with Gasteiger partial charge in [0.1, 0.15) is 11.6 Å². The second-order valence-corrected chi connectivity index (χ2v) is 6.31. The summed E-state index contributed by atoms with van der Waals surface area (Å²) in [6, 6.07) is 18.8. The molecule has 1 heterocycles. The van der Waals surface area contributed by atoms with Gasteiger partial charge in [-0.3, -0.25) is 14.9 Å². The van der Waals surface area contributed by atoms with Crippen LogP contribution in [0.2, 0.25) is 0 Å². The number of methoxy groups -OCH3 is 1. The molecule has 0 fully saturated rings. The standard InChI is InChI=1S/C21H16N4O4/c1-29-17-11-14(10-16(12-17)25(27)28)21(26)22-15-8-6-13(7-9-15)20-23-18-4-2-3-5-19(18)24-20/h2-12H,1H3,(H,22,26)(H,23,24). The van der Waals surface area contributed by atoms with E-state index in [9.17, 15) is 14.9 Å². The smallest absolute Gasteiger partial charge is 0.273 e. The van der Waals surface area contributed by atoms with Gasteiger partial charge in [0.2, 0.25) is 0 Å². The van der Waals surface area contributed by atoms with Crippen LogP contribution in [0.15, 0.2) is 66.7 Å². The van der Waals surface area contributed by atoms with Crippen molar-refractivity contribution in [1.82, 2.24) is 9.97 Å². The average Bonchev–Trinajstić information content (AvgIpc) is 3.18. The van der Waals surface area contributed by atoms with Crippen LogP contribution in [0.3, 0.4) is 0 Å². The maximum Gasteiger partial charge on any atom is 0.273 e. The van der Waals surface area contributed by atoms with Gasteiger partial charge in [-0.15, -0.1) is 0 Å². The molecule has 0 aliphatic carbocycles. The lowest BCUT2D eigenvalue weighted by Crippen LogP contribution is -2.12.